The highest BCUT2D eigenvalue weighted by Crippen LogP contribution is 2.36. The molecule has 3 aromatic heterocycles. The van der Waals surface area contributed by atoms with Crippen LogP contribution >= 0.6 is 0 Å². The number of hydrogen-bond donors (Lipinski definition) is 1. The van der Waals surface area contributed by atoms with Gasteiger partial charge in [-0.15, -0.1) is 5.10 Å². The van der Waals surface area contributed by atoms with Gasteiger partial charge in [0.1, 0.15) is 23.2 Å². The Kier molecular flexibility index (Phi) is 4.93. The highest BCUT2D eigenvalue weighted by Gasteiger charge is 2.20. The molecule has 0 saturated carbocycles. The van der Waals surface area contributed by atoms with Crippen molar-refractivity contribution in [3.05, 3.63) is 78.1 Å². The number of rotatable bonds is 5. The Morgan fingerprint density at radius 3 is 2.39 bits per heavy atom. The topological polar surface area (TPSA) is 90.9 Å². The predicted molar refractivity (Wildman–Crippen MR) is 111 cm³/mol. The Labute approximate surface area is 184 Å². The molecule has 0 atom stereocenters. The number of nitrogens with zero attached hydrogens (tertiary/aromatic N) is 6. The fourth-order valence-corrected chi connectivity index (χ4v) is 3.42. The van der Waals surface area contributed by atoms with Crippen molar-refractivity contribution < 1.29 is 23.0 Å². The lowest BCUT2D eigenvalue weighted by Crippen LogP contribution is -1.98. The third-order valence-electron chi connectivity index (χ3n) is 4.98. The molecule has 166 valence electrons. The molecule has 0 bridgehead atoms. The minimum absolute atomic E-state index is 0.0665. The van der Waals surface area contributed by atoms with Crippen LogP contribution in [0.25, 0.3) is 22.2 Å². The summed E-state index contributed by atoms with van der Waals surface area (Å²) >= 11 is 0. The first-order valence-electron chi connectivity index (χ1n) is 9.70. The number of aromatic hydroxyl groups is 1. The normalized spacial score (nSPS) is 11.3. The van der Waals surface area contributed by atoms with Crippen LogP contribution in [0.3, 0.4) is 0 Å². The van der Waals surface area contributed by atoms with Gasteiger partial charge < -0.3 is 14.4 Å². The first kappa shape index (κ1) is 20.5. The zero-order valence-electron chi connectivity index (χ0n) is 17.1. The predicted octanol–water partition coefficient (Wildman–Crippen LogP) is 4.19. The quantitative estimate of drug-likeness (QED) is 0.430. The minimum atomic E-state index is -1.23. The zero-order chi connectivity index (χ0) is 23.1. The van der Waals surface area contributed by atoms with Gasteiger partial charge in [0.05, 0.1) is 18.3 Å². The molecule has 8 nitrogen and oxygen atoms in total. The van der Waals surface area contributed by atoms with Crippen molar-refractivity contribution in [1.29, 1.82) is 0 Å². The average molecular weight is 452 g/mol. The highest BCUT2D eigenvalue weighted by atomic mass is 19.1. The van der Waals surface area contributed by atoms with E-state index in [0.29, 0.717) is 17.6 Å². The summed E-state index contributed by atoms with van der Waals surface area (Å²) in [6.45, 7) is 0.279. The number of benzene rings is 2. The molecule has 5 aromatic rings. The monoisotopic (exact) mass is 452 g/mol. The smallest absolute Gasteiger partial charge is 0.236 e. The summed E-state index contributed by atoms with van der Waals surface area (Å²) in [6.07, 6.45) is 4.50. The van der Waals surface area contributed by atoms with Crippen molar-refractivity contribution in [3.8, 4) is 28.8 Å². The van der Waals surface area contributed by atoms with E-state index < -0.39 is 23.2 Å². The van der Waals surface area contributed by atoms with Gasteiger partial charge in [-0.2, -0.15) is 0 Å². The maximum atomic E-state index is 14.0. The third kappa shape index (κ3) is 3.84. The van der Waals surface area contributed by atoms with Crippen LogP contribution in [0.2, 0.25) is 0 Å². The van der Waals surface area contributed by atoms with Crippen LogP contribution in [0, 0.1) is 17.5 Å². The number of halogens is 3. The van der Waals surface area contributed by atoms with E-state index in [1.807, 2.05) is 24.3 Å². The lowest BCUT2D eigenvalue weighted by molar-refractivity contribution is 0.389. The molecule has 0 aliphatic heterocycles. The number of ether oxygens (including phenoxy) is 1. The van der Waals surface area contributed by atoms with E-state index in [9.17, 15) is 18.3 Å². The molecule has 0 saturated heterocycles. The minimum Gasteiger partial charge on any atom is -0.494 e. The Bertz CT molecular complexity index is 1460. The van der Waals surface area contributed by atoms with Crippen molar-refractivity contribution in [1.82, 2.24) is 29.5 Å². The van der Waals surface area contributed by atoms with Gasteiger partial charge in [0, 0.05) is 30.9 Å². The van der Waals surface area contributed by atoms with E-state index in [2.05, 4.69) is 20.3 Å². The van der Waals surface area contributed by atoms with Crippen molar-refractivity contribution in [3.63, 3.8) is 0 Å². The van der Waals surface area contributed by atoms with Gasteiger partial charge in [0.2, 0.25) is 17.5 Å². The molecular formula is C22H15F3N6O2. The average Bonchev–Trinajstić information content (AvgIpc) is 3.35. The van der Waals surface area contributed by atoms with Gasteiger partial charge in [-0.3, -0.25) is 4.68 Å². The molecule has 0 amide bonds. The zero-order valence-corrected chi connectivity index (χ0v) is 17.1. The lowest BCUT2D eigenvalue weighted by atomic mass is 10.1. The Morgan fingerprint density at radius 2 is 1.73 bits per heavy atom. The maximum absolute atomic E-state index is 14.0. The molecule has 1 N–H and O–H groups in total. The first-order valence-corrected chi connectivity index (χ1v) is 9.70. The Hall–Kier alpha value is -4.41. The summed E-state index contributed by atoms with van der Waals surface area (Å²) in [5, 5.41) is 18.8. The van der Waals surface area contributed by atoms with Crippen LogP contribution in [-0.2, 0) is 13.6 Å². The number of aryl methyl sites for hydroxylation is 1. The molecule has 33 heavy (non-hydrogen) atoms. The van der Waals surface area contributed by atoms with E-state index in [0.717, 1.165) is 23.1 Å². The molecule has 0 spiro atoms. The van der Waals surface area contributed by atoms with Crippen molar-refractivity contribution in [2.45, 2.75) is 6.54 Å². The summed E-state index contributed by atoms with van der Waals surface area (Å²) in [6, 6.07) is 8.50. The van der Waals surface area contributed by atoms with E-state index in [1.165, 1.54) is 4.57 Å². The molecule has 0 radical (unpaired) electrons. The fraction of sp³-hybridized carbons (Fsp3) is 0.0909. The van der Waals surface area contributed by atoms with E-state index >= 15 is 0 Å². The fourth-order valence-electron chi connectivity index (χ4n) is 3.42. The molecule has 0 unspecified atom stereocenters. The van der Waals surface area contributed by atoms with Gasteiger partial charge in [0.15, 0.2) is 11.6 Å². The van der Waals surface area contributed by atoms with Crippen LogP contribution < -0.4 is 4.74 Å². The summed E-state index contributed by atoms with van der Waals surface area (Å²) in [5.41, 5.74) is 2.79. The first-order chi connectivity index (χ1) is 15.9. The number of fused-ring (bicyclic) bond motifs is 1. The van der Waals surface area contributed by atoms with Gasteiger partial charge in [-0.25, -0.2) is 23.1 Å². The van der Waals surface area contributed by atoms with Crippen LogP contribution in [0.4, 0.5) is 13.2 Å². The molecule has 2 aromatic carbocycles. The van der Waals surface area contributed by atoms with Crippen LogP contribution in [0.1, 0.15) is 5.56 Å². The molecule has 0 aliphatic carbocycles. The van der Waals surface area contributed by atoms with Crippen LogP contribution in [0.5, 0.6) is 17.5 Å². The highest BCUT2D eigenvalue weighted by molar-refractivity contribution is 5.89. The molecule has 5 rings (SSSR count). The van der Waals surface area contributed by atoms with E-state index in [4.69, 9.17) is 4.74 Å². The number of aromatic nitrogens is 6. The standard InChI is InChI=1S/C22H15F3N6O2/c1-30-9-17(28-29-30)13-4-2-12(3-5-13)8-31-10-18-19(22(31)32)21(27-11-26-18)33-20-15(24)6-14(23)7-16(20)25/h2-7,9-11,32H,8H2,1H3. The van der Waals surface area contributed by atoms with E-state index in [-0.39, 0.29) is 23.7 Å². The Morgan fingerprint density at radius 1 is 1.00 bits per heavy atom. The van der Waals surface area contributed by atoms with Gasteiger partial charge in [0.25, 0.3) is 0 Å². The second kappa shape index (κ2) is 7.93. The summed E-state index contributed by atoms with van der Waals surface area (Å²) in [7, 11) is 1.78. The van der Waals surface area contributed by atoms with Gasteiger partial charge >= 0.3 is 0 Å². The van der Waals surface area contributed by atoms with Gasteiger partial charge in [-0.1, -0.05) is 29.5 Å². The van der Waals surface area contributed by atoms with Crippen molar-refractivity contribution in [2.75, 3.05) is 0 Å². The van der Waals surface area contributed by atoms with Crippen LogP contribution in [-0.4, -0.2) is 34.6 Å². The third-order valence-corrected chi connectivity index (χ3v) is 4.98. The van der Waals surface area contributed by atoms with Gasteiger partial charge in [-0.05, 0) is 5.56 Å². The van der Waals surface area contributed by atoms with Crippen LogP contribution in [0.15, 0.2) is 55.1 Å². The summed E-state index contributed by atoms with van der Waals surface area (Å²) in [5.74, 6) is -4.89. The summed E-state index contributed by atoms with van der Waals surface area (Å²) < 4.78 is 49.6. The van der Waals surface area contributed by atoms with E-state index in [1.54, 1.807) is 24.1 Å². The second-order valence-corrected chi connectivity index (χ2v) is 7.29. The van der Waals surface area contributed by atoms with Crippen molar-refractivity contribution >= 4 is 10.9 Å². The number of hydrogen-bond acceptors (Lipinski definition) is 6. The summed E-state index contributed by atoms with van der Waals surface area (Å²) in [4.78, 5) is 7.97. The molecule has 3 heterocycles. The SMILES string of the molecule is Cn1cc(-c2ccc(Cn3cc4ncnc(Oc5c(F)cc(F)cc5F)c4c3O)cc2)nn1. The largest absolute Gasteiger partial charge is 0.494 e. The Balaban J connectivity index is 1.46. The molecular weight excluding hydrogens is 437 g/mol. The molecule has 0 fully saturated rings. The van der Waals surface area contributed by atoms with Crippen molar-refractivity contribution in [2.24, 2.45) is 7.05 Å². The second-order valence-electron chi connectivity index (χ2n) is 7.29. The molecule has 11 heteroatoms. The lowest BCUT2D eigenvalue weighted by Gasteiger charge is -2.09. The maximum Gasteiger partial charge on any atom is 0.236 e. The molecule has 0 aliphatic rings.